The second kappa shape index (κ2) is 16.9. The topological polar surface area (TPSA) is 141 Å². The third-order valence-electron chi connectivity index (χ3n) is 24.3. The summed E-state index contributed by atoms with van der Waals surface area (Å²) >= 11 is 10.5. The monoisotopic (exact) mass is 1210 g/mol. The van der Waals surface area contributed by atoms with E-state index >= 15 is 0 Å². The Labute approximate surface area is 534 Å². The molecular weight excluding hydrogens is 1160 g/mol. The molecule has 0 radical (unpaired) electrons. The maximum Gasteiger partial charge on any atom is 0.303 e. The smallest absolute Gasteiger partial charge is 0.303 e. The Hall–Kier alpha value is -9.70. The summed E-state index contributed by atoms with van der Waals surface area (Å²) in [5.41, 5.74) is 34.2. The third-order valence-corrected chi connectivity index (χ3v) is 24.9. The number of carbonyl (C=O) groups excluding carboxylic acids is 1. The number of carboxylic acid groups (broad SMARTS) is 2. The Morgan fingerprint density at radius 1 is 0.348 bits per heavy atom. The SMILES string of the molecule is O=COCCc1ccc([C@@]23c4c5ccc6c4[C@]4(c7ccc(CCO)cc7)C7=C8C9=C([C@@]%10(c%11ccc(CCC(=O)O)cc%11)c%11c(ccc%12c%11[C@]9(c9ccc(CCC(=O)O)cc9)c9c-%12ccc%11c9[C@]8(c8ccc(CCO)cc8)c8c-%11ccc-6c84)-c4ccc-5c2c4%10)[C@]73Cl)cc1. The molecule has 0 spiro atoms. The Balaban J connectivity index is 1.05. The molecule has 11 aliphatic rings. The van der Waals surface area contributed by atoms with Crippen molar-refractivity contribution >= 4 is 30.0 Å². The van der Waals surface area contributed by atoms with Gasteiger partial charge in [-0.1, -0.05) is 182 Å². The molecule has 0 unspecified atom stereocenters. The minimum atomic E-state index is -1.45. The highest BCUT2D eigenvalue weighted by atomic mass is 35.5. The number of carboxylic acids is 2. The molecule has 11 aliphatic carbocycles. The number of aliphatic hydroxyl groups is 2. The van der Waals surface area contributed by atoms with Crippen LogP contribution in [-0.4, -0.2) is 63.5 Å². The van der Waals surface area contributed by atoms with Crippen LogP contribution in [0.4, 0.5) is 0 Å². The van der Waals surface area contributed by atoms with E-state index in [1.54, 1.807) is 0 Å². The maximum absolute atomic E-state index is 12.3. The maximum atomic E-state index is 12.3. The number of halogens is 1. The van der Waals surface area contributed by atoms with E-state index in [9.17, 15) is 46.4 Å². The molecular formula is C83H55ClO8. The minimum Gasteiger partial charge on any atom is -0.481 e. The van der Waals surface area contributed by atoms with E-state index in [2.05, 4.69) is 182 Å². The van der Waals surface area contributed by atoms with Gasteiger partial charge in [0.1, 0.15) is 4.87 Å². The summed E-state index contributed by atoms with van der Waals surface area (Å²) in [7, 11) is 0. The second-order valence-corrected chi connectivity index (χ2v) is 28.0. The summed E-state index contributed by atoms with van der Waals surface area (Å²) in [6.45, 7) is 0.786. The van der Waals surface area contributed by atoms with Crippen molar-refractivity contribution in [3.8, 4) is 55.6 Å². The van der Waals surface area contributed by atoms with Gasteiger partial charge in [-0.05, 0) is 215 Å². The van der Waals surface area contributed by atoms with Gasteiger partial charge in [0.2, 0.25) is 0 Å². The summed E-state index contributed by atoms with van der Waals surface area (Å²) in [4.78, 5) is 34.8. The lowest BCUT2D eigenvalue weighted by atomic mass is 9.40. The first kappa shape index (κ1) is 52.0. The van der Waals surface area contributed by atoms with Crippen molar-refractivity contribution in [3.63, 3.8) is 0 Å². The lowest BCUT2D eigenvalue weighted by Crippen LogP contribution is -2.65. The van der Waals surface area contributed by atoms with Gasteiger partial charge in [0.25, 0.3) is 6.47 Å². The van der Waals surface area contributed by atoms with Crippen molar-refractivity contribution in [1.29, 1.82) is 0 Å². The first-order valence-electron chi connectivity index (χ1n) is 32.3. The molecule has 8 nitrogen and oxygen atoms in total. The molecule has 0 aliphatic heterocycles. The number of aryl methyl sites for hydroxylation is 2. The van der Waals surface area contributed by atoms with Crippen molar-refractivity contribution in [2.45, 2.75) is 76.9 Å². The highest BCUT2D eigenvalue weighted by Crippen LogP contribution is 2.92. The van der Waals surface area contributed by atoms with Crippen molar-refractivity contribution in [2.75, 3.05) is 19.8 Å². The summed E-state index contributed by atoms with van der Waals surface area (Å²) in [5.74, 6) is -1.69. The van der Waals surface area contributed by atoms with Crippen LogP contribution < -0.4 is 0 Å². The number of benzene rings is 10. The Morgan fingerprint density at radius 3 is 0.913 bits per heavy atom. The molecule has 92 heavy (non-hydrogen) atoms. The standard InChI is InChI=1S/C83H55ClO8/c84-83-76-74-75-77(83)81(50-19-7-45(8-20-50)36-39-86)69-57-28-26-55-53-24-23-52-54-25-27-56-58-29-31-60-61-32-30-59(57)71(81)73(61)82(83,51-21-9-46(10-22-51)37-40-92-41-87)72(60)70(58)80(76,49-17-3-43(4-18-49)12-34-63(90)91)68(56)66(54)78(74,47-13-1-42(2-14-47)11-33-62(88)89)64(52)65(53)79(75,67(55)69)48-15-5-44(6-16-48)35-38-85/h1-10,13-32,41,85-86H,11-12,33-40H2,(H,88,89)(H,90,91)/t78-,79+,80-,81+,82-,83-/m0/s1. The number of carbonyl (C=O) groups is 3. The number of rotatable bonds is 19. The highest BCUT2D eigenvalue weighted by molar-refractivity contribution is 6.35. The molecule has 6 atom stereocenters. The van der Waals surface area contributed by atoms with Crippen LogP contribution in [0.3, 0.4) is 0 Å². The molecule has 0 saturated heterocycles. The molecule has 442 valence electrons. The largest absolute Gasteiger partial charge is 0.481 e. The van der Waals surface area contributed by atoms with Crippen LogP contribution in [0, 0.1) is 0 Å². The molecule has 0 saturated carbocycles. The van der Waals surface area contributed by atoms with Gasteiger partial charge in [0.15, 0.2) is 0 Å². The van der Waals surface area contributed by atoms with Gasteiger partial charge in [-0.3, -0.25) is 14.4 Å². The number of alkyl halides is 1. The van der Waals surface area contributed by atoms with E-state index in [1.165, 1.54) is 106 Å². The van der Waals surface area contributed by atoms with E-state index in [0.717, 1.165) is 83.5 Å². The second-order valence-electron chi connectivity index (χ2n) is 27.4. The predicted molar refractivity (Wildman–Crippen MR) is 351 cm³/mol. The average molecular weight is 1220 g/mol. The van der Waals surface area contributed by atoms with Crippen LogP contribution in [0.5, 0.6) is 0 Å². The number of ether oxygens (including phenoxy) is 1. The lowest BCUT2D eigenvalue weighted by molar-refractivity contribution is -0.138. The Kier molecular flexibility index (Phi) is 9.53. The molecule has 10 aromatic carbocycles. The fourth-order valence-electron chi connectivity index (χ4n) is 21.7. The summed E-state index contributed by atoms with van der Waals surface area (Å²) in [6, 6.07) is 69.5. The Morgan fingerprint density at radius 2 is 0.609 bits per heavy atom. The number of aliphatic hydroxyl groups excluding tert-OH is 2. The fourth-order valence-corrected chi connectivity index (χ4v) is 22.4. The van der Waals surface area contributed by atoms with E-state index in [0.29, 0.717) is 38.6 Å². The van der Waals surface area contributed by atoms with Gasteiger partial charge in [0.05, 0.1) is 33.7 Å². The third kappa shape index (κ3) is 5.14. The number of fused-ring (bicyclic) bond motifs is 5. The van der Waals surface area contributed by atoms with E-state index in [4.69, 9.17) is 4.74 Å². The first-order valence-corrected chi connectivity index (χ1v) is 32.7. The number of hydrogen-bond donors (Lipinski definition) is 4. The van der Waals surface area contributed by atoms with E-state index in [-0.39, 0.29) is 32.7 Å². The molecule has 10 aromatic rings. The molecule has 0 bridgehead atoms. The Bertz CT molecular complexity index is 5310. The van der Waals surface area contributed by atoms with Gasteiger partial charge in [-0.25, -0.2) is 0 Å². The number of allylic oxidation sites excluding steroid dienone is 4. The van der Waals surface area contributed by atoms with Crippen molar-refractivity contribution in [3.05, 3.63) is 316 Å². The van der Waals surface area contributed by atoms with Crippen LogP contribution in [0.15, 0.2) is 204 Å². The fraction of sp³-hybridized carbons (Fsp3) is 0.193. The van der Waals surface area contributed by atoms with Crippen molar-refractivity contribution < 1.29 is 39.5 Å². The summed E-state index contributed by atoms with van der Waals surface area (Å²) in [6.07, 6.45) is 2.30. The van der Waals surface area contributed by atoms with E-state index in [1.807, 2.05) is 0 Å². The van der Waals surface area contributed by atoms with Gasteiger partial charge >= 0.3 is 11.9 Å². The first-order chi connectivity index (χ1) is 45.0. The molecule has 0 aromatic heterocycles. The zero-order valence-corrected chi connectivity index (χ0v) is 50.5. The lowest BCUT2D eigenvalue weighted by Gasteiger charge is -2.64. The van der Waals surface area contributed by atoms with Crippen LogP contribution in [-0.2, 0) is 78.3 Å². The van der Waals surface area contributed by atoms with E-state index < -0.39 is 43.9 Å². The van der Waals surface area contributed by atoms with Crippen LogP contribution in [0.1, 0.15) is 124 Å². The normalized spacial score (nSPS) is 24.6. The van der Waals surface area contributed by atoms with Crippen LogP contribution in [0.25, 0.3) is 55.6 Å². The number of aliphatic carboxylic acids is 2. The molecule has 21 rings (SSSR count). The quantitative estimate of drug-likeness (QED) is 0.0356. The van der Waals surface area contributed by atoms with Gasteiger partial charge < -0.3 is 25.2 Å². The van der Waals surface area contributed by atoms with Gasteiger partial charge in [-0.15, -0.1) is 11.6 Å². The zero-order valence-electron chi connectivity index (χ0n) is 49.8. The van der Waals surface area contributed by atoms with Crippen LogP contribution in [0.2, 0.25) is 0 Å². The molecule has 9 heteroatoms. The number of hydrogen-bond acceptors (Lipinski definition) is 6. The molecule has 0 amide bonds. The van der Waals surface area contributed by atoms with Crippen LogP contribution >= 0.6 is 11.6 Å². The van der Waals surface area contributed by atoms with Crippen molar-refractivity contribution in [1.82, 2.24) is 0 Å². The summed E-state index contributed by atoms with van der Waals surface area (Å²) in [5, 5.41) is 41.3. The zero-order chi connectivity index (χ0) is 61.5. The molecule has 4 N–H and O–H groups in total. The van der Waals surface area contributed by atoms with Gasteiger partial charge in [0, 0.05) is 32.5 Å². The average Bonchev–Trinajstić information content (AvgIpc) is 1.39. The predicted octanol–water partition coefficient (Wildman–Crippen LogP) is 14.0. The molecule has 0 fully saturated rings. The summed E-state index contributed by atoms with van der Waals surface area (Å²) < 4.78 is 5.35. The van der Waals surface area contributed by atoms with Gasteiger partial charge in [-0.2, -0.15) is 0 Å². The highest BCUT2D eigenvalue weighted by Gasteiger charge is 2.86. The molecule has 0 heterocycles. The van der Waals surface area contributed by atoms with Crippen molar-refractivity contribution in [2.24, 2.45) is 0 Å². The minimum absolute atomic E-state index is 0.00123.